The lowest BCUT2D eigenvalue weighted by Crippen LogP contribution is -2.36. The Balaban J connectivity index is 3.69. The molecular weight excluding hydrogens is 166 g/mol. The van der Waals surface area contributed by atoms with E-state index >= 15 is 0 Å². The lowest BCUT2D eigenvalue weighted by molar-refractivity contribution is -0.122. The van der Waals surface area contributed by atoms with Crippen LogP contribution in [-0.4, -0.2) is 24.5 Å². The molecule has 3 nitrogen and oxygen atoms in total. The average Bonchev–Trinajstić information content (AvgIpc) is 1.98. The van der Waals surface area contributed by atoms with Gasteiger partial charge in [-0.15, -0.1) is 0 Å². The van der Waals surface area contributed by atoms with E-state index < -0.39 is 6.04 Å². The van der Waals surface area contributed by atoms with E-state index in [0.717, 1.165) is 0 Å². The summed E-state index contributed by atoms with van der Waals surface area (Å²) < 4.78 is 5.26. The van der Waals surface area contributed by atoms with Crippen LogP contribution >= 0.6 is 0 Å². The highest BCUT2D eigenvalue weighted by Crippen LogP contribution is 2.02. The molecule has 1 atom stereocenters. The van der Waals surface area contributed by atoms with E-state index in [4.69, 9.17) is 10.5 Å². The monoisotopic (exact) mass is 187 g/mol. The molecule has 0 spiro atoms. The predicted molar refractivity (Wildman–Crippen MR) is 53.5 cm³/mol. The fraction of sp³-hybridized carbons (Fsp3) is 0.900. The number of ketones is 1. The first-order chi connectivity index (χ1) is 5.93. The Kier molecular flexibility index (Phi) is 5.91. The van der Waals surface area contributed by atoms with Crippen molar-refractivity contribution in [2.75, 3.05) is 6.61 Å². The smallest absolute Gasteiger partial charge is 0.152 e. The molecule has 2 N–H and O–H groups in total. The van der Waals surface area contributed by atoms with Gasteiger partial charge >= 0.3 is 0 Å². The van der Waals surface area contributed by atoms with Gasteiger partial charge in [-0.1, -0.05) is 13.8 Å². The Morgan fingerprint density at radius 1 is 1.31 bits per heavy atom. The van der Waals surface area contributed by atoms with Crippen LogP contribution in [0.2, 0.25) is 0 Å². The minimum absolute atomic E-state index is 0.0932. The first-order valence-corrected chi connectivity index (χ1v) is 4.83. The Hall–Kier alpha value is -0.410. The maximum Gasteiger partial charge on any atom is 0.152 e. The van der Waals surface area contributed by atoms with E-state index in [1.54, 1.807) is 0 Å². The number of carbonyl (C=O) groups is 1. The lowest BCUT2D eigenvalue weighted by atomic mass is 10.0. The van der Waals surface area contributed by atoms with Crippen LogP contribution in [0.4, 0.5) is 0 Å². The molecule has 0 bridgehead atoms. The molecule has 0 saturated carbocycles. The van der Waals surface area contributed by atoms with Crippen LogP contribution in [0.15, 0.2) is 0 Å². The Bertz CT molecular complexity index is 155. The molecular formula is C10H21NO2. The summed E-state index contributed by atoms with van der Waals surface area (Å²) in [4.78, 5) is 11.4. The van der Waals surface area contributed by atoms with Gasteiger partial charge in [-0.3, -0.25) is 4.79 Å². The molecule has 0 aromatic rings. The van der Waals surface area contributed by atoms with Gasteiger partial charge in [-0.2, -0.15) is 0 Å². The van der Waals surface area contributed by atoms with Crippen LogP contribution in [0.1, 0.15) is 34.1 Å². The molecule has 0 saturated heterocycles. The third-order valence-corrected chi connectivity index (χ3v) is 1.63. The summed E-state index contributed by atoms with van der Waals surface area (Å²) in [5.41, 5.74) is 5.64. The highest BCUT2D eigenvalue weighted by molar-refractivity contribution is 5.84. The third kappa shape index (κ3) is 6.72. The lowest BCUT2D eigenvalue weighted by Gasteiger charge is -2.14. The molecule has 0 aromatic heterocycles. The molecule has 0 heterocycles. The van der Waals surface area contributed by atoms with Crippen LogP contribution in [0.25, 0.3) is 0 Å². The van der Waals surface area contributed by atoms with Crippen molar-refractivity contribution in [3.63, 3.8) is 0 Å². The van der Waals surface area contributed by atoms with E-state index in [9.17, 15) is 4.79 Å². The van der Waals surface area contributed by atoms with E-state index in [0.29, 0.717) is 18.9 Å². The van der Waals surface area contributed by atoms with Crippen molar-refractivity contribution in [3.8, 4) is 0 Å². The molecule has 13 heavy (non-hydrogen) atoms. The zero-order valence-corrected chi connectivity index (χ0v) is 9.04. The minimum Gasteiger partial charge on any atom is -0.377 e. The number of hydrogen-bond acceptors (Lipinski definition) is 3. The summed E-state index contributed by atoms with van der Waals surface area (Å²) >= 11 is 0. The summed E-state index contributed by atoms with van der Waals surface area (Å²) in [6.07, 6.45) is 0.681. The summed E-state index contributed by atoms with van der Waals surface area (Å²) in [5, 5.41) is 0. The van der Waals surface area contributed by atoms with Crippen LogP contribution < -0.4 is 5.73 Å². The van der Waals surface area contributed by atoms with Crippen LogP contribution in [0.3, 0.4) is 0 Å². The highest BCUT2D eigenvalue weighted by Gasteiger charge is 2.15. The third-order valence-electron chi connectivity index (χ3n) is 1.63. The Labute approximate surface area is 80.6 Å². The largest absolute Gasteiger partial charge is 0.377 e. The molecule has 0 aromatic carbocycles. The highest BCUT2D eigenvalue weighted by atomic mass is 16.5. The van der Waals surface area contributed by atoms with Crippen molar-refractivity contribution in [1.82, 2.24) is 0 Å². The molecule has 0 rings (SSSR count). The standard InChI is InChI=1S/C10H21NO2/c1-7(2)5-10(12)9(11)6-13-8(3)4/h7-9H,5-6,11H2,1-4H3/t9-/m0/s1. The molecule has 3 heteroatoms. The molecule has 0 unspecified atom stereocenters. The molecule has 78 valence electrons. The quantitative estimate of drug-likeness (QED) is 0.683. The summed E-state index contributed by atoms with van der Waals surface area (Å²) in [5.74, 6) is 0.466. The van der Waals surface area contributed by atoms with Crippen molar-refractivity contribution in [1.29, 1.82) is 0 Å². The van der Waals surface area contributed by atoms with Gasteiger partial charge in [-0.25, -0.2) is 0 Å². The van der Waals surface area contributed by atoms with Gasteiger partial charge in [-0.05, 0) is 19.8 Å². The summed E-state index contributed by atoms with van der Waals surface area (Å²) in [6, 6.07) is -0.454. The van der Waals surface area contributed by atoms with Crippen molar-refractivity contribution >= 4 is 5.78 Å². The fourth-order valence-electron chi connectivity index (χ4n) is 0.943. The molecule has 0 aliphatic carbocycles. The number of carbonyl (C=O) groups excluding carboxylic acids is 1. The zero-order chi connectivity index (χ0) is 10.4. The Morgan fingerprint density at radius 2 is 1.85 bits per heavy atom. The second kappa shape index (κ2) is 6.11. The van der Waals surface area contributed by atoms with Gasteiger partial charge in [0.25, 0.3) is 0 Å². The fourth-order valence-corrected chi connectivity index (χ4v) is 0.943. The first kappa shape index (κ1) is 12.6. The van der Waals surface area contributed by atoms with Crippen molar-refractivity contribution in [2.24, 2.45) is 11.7 Å². The molecule has 0 aliphatic rings. The number of rotatable bonds is 6. The van der Waals surface area contributed by atoms with Gasteiger partial charge < -0.3 is 10.5 Å². The van der Waals surface area contributed by atoms with Gasteiger partial charge in [0.2, 0.25) is 0 Å². The minimum atomic E-state index is -0.454. The van der Waals surface area contributed by atoms with Gasteiger partial charge in [0.05, 0.1) is 18.8 Å². The molecule has 0 radical (unpaired) electrons. The van der Waals surface area contributed by atoms with Crippen molar-refractivity contribution < 1.29 is 9.53 Å². The van der Waals surface area contributed by atoms with E-state index in [1.165, 1.54) is 0 Å². The Morgan fingerprint density at radius 3 is 2.23 bits per heavy atom. The number of Topliss-reactive ketones (excluding diaryl/α,β-unsaturated/α-hetero) is 1. The SMILES string of the molecule is CC(C)CC(=O)[C@@H](N)COC(C)C. The second-order valence-electron chi connectivity index (χ2n) is 4.05. The van der Waals surface area contributed by atoms with E-state index in [-0.39, 0.29) is 11.9 Å². The summed E-state index contributed by atoms with van der Waals surface area (Å²) in [6.45, 7) is 8.21. The van der Waals surface area contributed by atoms with Gasteiger partial charge in [0.1, 0.15) is 0 Å². The van der Waals surface area contributed by atoms with E-state index in [1.807, 2.05) is 27.7 Å². The number of nitrogens with two attached hydrogens (primary N) is 1. The first-order valence-electron chi connectivity index (χ1n) is 4.83. The van der Waals surface area contributed by atoms with Crippen LogP contribution in [0.5, 0.6) is 0 Å². The predicted octanol–water partition coefficient (Wildman–Crippen LogP) is 1.35. The number of hydrogen-bond donors (Lipinski definition) is 1. The molecule has 0 fully saturated rings. The van der Waals surface area contributed by atoms with E-state index in [2.05, 4.69) is 0 Å². The van der Waals surface area contributed by atoms with Gasteiger partial charge in [0, 0.05) is 6.42 Å². The normalized spacial score (nSPS) is 13.8. The van der Waals surface area contributed by atoms with Crippen LogP contribution in [0, 0.1) is 5.92 Å². The molecule has 0 aliphatic heterocycles. The second-order valence-corrected chi connectivity index (χ2v) is 4.05. The van der Waals surface area contributed by atoms with Crippen LogP contribution in [-0.2, 0) is 9.53 Å². The maximum atomic E-state index is 11.4. The topological polar surface area (TPSA) is 52.3 Å². The zero-order valence-electron chi connectivity index (χ0n) is 9.04. The average molecular weight is 187 g/mol. The maximum absolute atomic E-state index is 11.4. The van der Waals surface area contributed by atoms with Crippen molar-refractivity contribution in [3.05, 3.63) is 0 Å². The van der Waals surface area contributed by atoms with Crippen molar-refractivity contribution in [2.45, 2.75) is 46.3 Å². The summed E-state index contributed by atoms with van der Waals surface area (Å²) in [7, 11) is 0. The molecule has 0 amide bonds. The number of ether oxygens (including phenoxy) is 1. The van der Waals surface area contributed by atoms with Gasteiger partial charge in [0.15, 0.2) is 5.78 Å².